The van der Waals surface area contributed by atoms with E-state index in [1.165, 1.54) is 22.0 Å². The molecule has 1 saturated heterocycles. The molecule has 0 unspecified atom stereocenters. The van der Waals surface area contributed by atoms with E-state index in [4.69, 9.17) is 0 Å². The quantitative estimate of drug-likeness (QED) is 0.694. The molecule has 0 bridgehead atoms. The number of nitrogens with zero attached hydrogens (tertiary/aromatic N) is 2. The van der Waals surface area contributed by atoms with Crippen molar-refractivity contribution in [2.45, 2.75) is 39.3 Å². The van der Waals surface area contributed by atoms with Crippen molar-refractivity contribution in [3.05, 3.63) is 71.4 Å². The summed E-state index contributed by atoms with van der Waals surface area (Å²) in [5.41, 5.74) is 5.06. The van der Waals surface area contributed by atoms with Gasteiger partial charge in [0.1, 0.15) is 0 Å². The number of carbonyl (C=O) groups excluding carboxylic acids is 1. The van der Waals surface area contributed by atoms with Crippen LogP contribution in [0.2, 0.25) is 0 Å². The zero-order chi connectivity index (χ0) is 20.4. The molecule has 1 aliphatic heterocycles. The lowest BCUT2D eigenvalue weighted by molar-refractivity contribution is -0.127. The van der Waals surface area contributed by atoms with Gasteiger partial charge in [-0.3, -0.25) is 9.69 Å². The molecule has 1 N–H and O–H groups in total. The molecule has 4 heteroatoms. The number of piperidine rings is 1. The lowest BCUT2D eigenvalue weighted by Crippen LogP contribution is -2.40. The lowest BCUT2D eigenvalue weighted by atomic mass is 9.94. The minimum Gasteiger partial charge on any atom is -0.350 e. The molecule has 0 spiro atoms. The maximum absolute atomic E-state index is 12.8. The molecule has 2 aromatic carbocycles. The number of fused-ring (bicyclic) bond motifs is 1. The van der Waals surface area contributed by atoms with Crippen LogP contribution in [0.4, 0.5) is 0 Å². The summed E-state index contributed by atoms with van der Waals surface area (Å²) in [6, 6.07) is 17.0. The Morgan fingerprint density at radius 2 is 1.79 bits per heavy atom. The van der Waals surface area contributed by atoms with Gasteiger partial charge in [0.2, 0.25) is 5.91 Å². The van der Waals surface area contributed by atoms with Gasteiger partial charge in [-0.25, -0.2) is 0 Å². The van der Waals surface area contributed by atoms with Gasteiger partial charge in [-0.05, 0) is 57.0 Å². The summed E-state index contributed by atoms with van der Waals surface area (Å²) < 4.78 is 2.21. The number of nitrogens with one attached hydrogen (secondary N) is 1. The fraction of sp³-hybridized carbons (Fsp3) is 0.400. The molecule has 1 aromatic heterocycles. The summed E-state index contributed by atoms with van der Waals surface area (Å²) >= 11 is 0. The smallest absolute Gasteiger partial charge is 0.223 e. The van der Waals surface area contributed by atoms with Crippen molar-refractivity contribution in [1.29, 1.82) is 0 Å². The predicted octanol–water partition coefficient (Wildman–Crippen LogP) is 4.58. The summed E-state index contributed by atoms with van der Waals surface area (Å²) in [4.78, 5) is 15.2. The highest BCUT2D eigenvalue weighted by Crippen LogP contribution is 2.25. The van der Waals surface area contributed by atoms with Crippen LogP contribution in [0.25, 0.3) is 10.9 Å². The van der Waals surface area contributed by atoms with Gasteiger partial charge in [-0.1, -0.05) is 48.0 Å². The first-order valence-electron chi connectivity index (χ1n) is 10.6. The normalized spacial score (nSPS) is 16.8. The maximum atomic E-state index is 12.8. The Morgan fingerprint density at radius 3 is 2.52 bits per heavy atom. The van der Waals surface area contributed by atoms with Gasteiger partial charge >= 0.3 is 0 Å². The van der Waals surface area contributed by atoms with Crippen LogP contribution in [-0.2, 0) is 18.4 Å². The minimum atomic E-state index is 0.0526. The molecule has 0 radical (unpaired) electrons. The largest absolute Gasteiger partial charge is 0.350 e. The Labute approximate surface area is 173 Å². The summed E-state index contributed by atoms with van der Waals surface area (Å²) in [6.07, 6.45) is 4.10. The van der Waals surface area contributed by atoms with E-state index < -0.39 is 0 Å². The molecular formula is C25H31N3O. The molecule has 1 aliphatic rings. The third-order valence-corrected chi connectivity index (χ3v) is 6.27. The van der Waals surface area contributed by atoms with Gasteiger partial charge in [0.15, 0.2) is 0 Å². The standard InChI is InChI=1S/C25H31N3O/c1-18-8-10-20(11-9-18)19(2)26-25(29)21-12-14-28(15-13-21)17-22-16-27(3)24-7-5-4-6-23(22)24/h4-11,16,19,21H,12-15,17H2,1-3H3,(H,26,29)/t19-/m1/s1. The molecule has 0 saturated carbocycles. The second-order valence-corrected chi connectivity index (χ2v) is 8.47. The molecule has 29 heavy (non-hydrogen) atoms. The van der Waals surface area contributed by atoms with Crippen molar-refractivity contribution in [3.8, 4) is 0 Å². The summed E-state index contributed by atoms with van der Waals surface area (Å²) in [5, 5.41) is 4.55. The monoisotopic (exact) mass is 389 g/mol. The van der Waals surface area contributed by atoms with Gasteiger partial charge < -0.3 is 9.88 Å². The molecule has 4 nitrogen and oxygen atoms in total. The fourth-order valence-electron chi connectivity index (χ4n) is 4.42. The van der Waals surface area contributed by atoms with E-state index in [9.17, 15) is 4.79 Å². The van der Waals surface area contributed by atoms with Gasteiger partial charge in [0, 0.05) is 36.6 Å². The van der Waals surface area contributed by atoms with Crippen molar-refractivity contribution in [1.82, 2.24) is 14.8 Å². The van der Waals surface area contributed by atoms with Crippen molar-refractivity contribution < 1.29 is 4.79 Å². The highest BCUT2D eigenvalue weighted by Gasteiger charge is 2.26. The third-order valence-electron chi connectivity index (χ3n) is 6.27. The average Bonchev–Trinajstić information content (AvgIpc) is 3.04. The number of benzene rings is 2. The van der Waals surface area contributed by atoms with Crippen LogP contribution in [-0.4, -0.2) is 28.5 Å². The first-order chi connectivity index (χ1) is 14.0. The van der Waals surface area contributed by atoms with Crippen molar-refractivity contribution >= 4 is 16.8 Å². The number of aromatic nitrogens is 1. The number of rotatable bonds is 5. The van der Waals surface area contributed by atoms with Gasteiger partial charge in [0.05, 0.1) is 6.04 Å². The zero-order valence-corrected chi connectivity index (χ0v) is 17.7. The predicted molar refractivity (Wildman–Crippen MR) is 119 cm³/mol. The Morgan fingerprint density at radius 1 is 1.10 bits per heavy atom. The number of hydrogen-bond acceptors (Lipinski definition) is 2. The molecule has 1 amide bonds. The summed E-state index contributed by atoms with van der Waals surface area (Å²) in [7, 11) is 2.11. The van der Waals surface area contributed by atoms with E-state index >= 15 is 0 Å². The first-order valence-corrected chi connectivity index (χ1v) is 10.6. The van der Waals surface area contributed by atoms with Crippen LogP contribution < -0.4 is 5.32 Å². The molecular weight excluding hydrogens is 358 g/mol. The second kappa shape index (κ2) is 8.42. The zero-order valence-electron chi connectivity index (χ0n) is 17.7. The first kappa shape index (κ1) is 19.7. The third kappa shape index (κ3) is 4.38. The molecule has 152 valence electrons. The Bertz CT molecular complexity index is 981. The van der Waals surface area contributed by atoms with E-state index in [1.54, 1.807) is 0 Å². The van der Waals surface area contributed by atoms with Gasteiger partial charge in [0.25, 0.3) is 0 Å². The van der Waals surface area contributed by atoms with Gasteiger partial charge in [-0.15, -0.1) is 0 Å². The molecule has 3 aromatic rings. The fourth-order valence-corrected chi connectivity index (χ4v) is 4.42. The van der Waals surface area contributed by atoms with E-state index in [-0.39, 0.29) is 17.9 Å². The van der Waals surface area contributed by atoms with Crippen molar-refractivity contribution in [2.75, 3.05) is 13.1 Å². The minimum absolute atomic E-state index is 0.0526. The van der Waals surface area contributed by atoms with Crippen LogP contribution in [0.5, 0.6) is 0 Å². The van der Waals surface area contributed by atoms with Gasteiger partial charge in [-0.2, -0.15) is 0 Å². The van der Waals surface area contributed by atoms with Crippen molar-refractivity contribution in [2.24, 2.45) is 13.0 Å². The average molecular weight is 390 g/mol. The molecule has 0 aliphatic carbocycles. The van der Waals surface area contributed by atoms with Crippen LogP contribution in [0.1, 0.15) is 42.5 Å². The van der Waals surface area contributed by atoms with E-state index in [2.05, 4.69) is 90.4 Å². The lowest BCUT2D eigenvalue weighted by Gasteiger charge is -2.31. The van der Waals surface area contributed by atoms with Crippen LogP contribution >= 0.6 is 0 Å². The van der Waals surface area contributed by atoms with E-state index in [0.717, 1.165) is 38.0 Å². The Balaban J connectivity index is 1.32. The van der Waals surface area contributed by atoms with Crippen LogP contribution in [0.3, 0.4) is 0 Å². The molecule has 1 atom stereocenters. The van der Waals surface area contributed by atoms with Crippen molar-refractivity contribution in [3.63, 3.8) is 0 Å². The number of amides is 1. The number of likely N-dealkylation sites (tertiary alicyclic amines) is 1. The maximum Gasteiger partial charge on any atom is 0.223 e. The summed E-state index contributed by atoms with van der Waals surface area (Å²) in [5.74, 6) is 0.314. The number of hydrogen-bond donors (Lipinski definition) is 1. The van der Waals surface area contributed by atoms with E-state index in [0.29, 0.717) is 0 Å². The number of carbonyl (C=O) groups is 1. The summed E-state index contributed by atoms with van der Waals surface area (Å²) in [6.45, 7) is 7.05. The van der Waals surface area contributed by atoms with E-state index in [1.807, 2.05) is 0 Å². The highest BCUT2D eigenvalue weighted by molar-refractivity contribution is 5.83. The second-order valence-electron chi connectivity index (χ2n) is 8.47. The molecule has 2 heterocycles. The molecule has 1 fully saturated rings. The SMILES string of the molecule is Cc1ccc([C@@H](C)NC(=O)C2CCN(Cc3cn(C)c4ccccc34)CC2)cc1. The highest BCUT2D eigenvalue weighted by atomic mass is 16.1. The van der Waals surface area contributed by atoms with Crippen LogP contribution in [0, 0.1) is 12.8 Å². The number of para-hydroxylation sites is 1. The Hall–Kier alpha value is -2.59. The molecule has 4 rings (SSSR count). The topological polar surface area (TPSA) is 37.3 Å². The van der Waals surface area contributed by atoms with Crippen LogP contribution in [0.15, 0.2) is 54.7 Å². The number of aryl methyl sites for hydroxylation is 2. The Kier molecular flexibility index (Phi) is 5.72.